The van der Waals surface area contributed by atoms with Gasteiger partial charge in [0.25, 0.3) is 0 Å². The van der Waals surface area contributed by atoms with E-state index in [-0.39, 0.29) is 12.3 Å². The third-order valence-electron chi connectivity index (χ3n) is 10.3. The van der Waals surface area contributed by atoms with Crippen LogP contribution < -0.4 is 10.6 Å². The van der Waals surface area contributed by atoms with Gasteiger partial charge in [-0.2, -0.15) is 0 Å². The van der Waals surface area contributed by atoms with Crippen LogP contribution in [0.5, 0.6) is 0 Å². The predicted octanol–water partition coefficient (Wildman–Crippen LogP) is 11.0. The second-order valence-electron chi connectivity index (χ2n) is 13.5. The molecule has 256 valence electrons. The molecule has 7 aromatic carbocycles. The third-order valence-corrected chi connectivity index (χ3v) is 10.3. The van der Waals surface area contributed by atoms with Crippen LogP contribution in [-0.4, -0.2) is 15.1 Å². The summed E-state index contributed by atoms with van der Waals surface area (Å²) in [7, 11) is 0. The lowest BCUT2D eigenvalue weighted by atomic mass is 9.94. The number of aromatic nitrogens is 2. The Balaban J connectivity index is 1.33. The zero-order valence-corrected chi connectivity index (χ0v) is 29.4. The van der Waals surface area contributed by atoms with Crippen LogP contribution >= 0.6 is 0 Å². The summed E-state index contributed by atoms with van der Waals surface area (Å²) in [4.78, 5) is 5.48. The molecule has 2 atom stereocenters. The summed E-state index contributed by atoms with van der Waals surface area (Å²) < 4.78 is 4.72. The summed E-state index contributed by atoms with van der Waals surface area (Å²) in [6.45, 7) is 0. The van der Waals surface area contributed by atoms with Crippen molar-refractivity contribution in [1.29, 1.82) is 0 Å². The van der Waals surface area contributed by atoms with Gasteiger partial charge in [0.1, 0.15) is 12.3 Å². The Kier molecular flexibility index (Phi) is 7.87. The molecule has 0 amide bonds. The van der Waals surface area contributed by atoms with E-state index in [0.717, 1.165) is 78.2 Å². The first-order valence-corrected chi connectivity index (χ1v) is 18.3. The summed E-state index contributed by atoms with van der Waals surface area (Å²) in [5, 5.41) is 9.92. The van der Waals surface area contributed by atoms with E-state index in [0.29, 0.717) is 0 Å². The maximum atomic E-state index is 5.48. The van der Waals surface area contributed by atoms with Crippen LogP contribution in [0.4, 0.5) is 0 Å². The van der Waals surface area contributed by atoms with Crippen molar-refractivity contribution in [3.05, 3.63) is 211 Å². The monoisotopic (exact) mass is 693 g/mol. The molecule has 0 bridgehead atoms. The molecule has 1 aliphatic heterocycles. The zero-order valence-electron chi connectivity index (χ0n) is 29.4. The number of hydrogen-bond donors (Lipinski definition) is 2. The maximum absolute atomic E-state index is 5.48. The minimum atomic E-state index is -0.286. The van der Waals surface area contributed by atoms with E-state index >= 15 is 0 Å². The molecule has 0 spiro atoms. The summed E-state index contributed by atoms with van der Waals surface area (Å²) in [6, 6.07) is 72.7. The lowest BCUT2D eigenvalue weighted by molar-refractivity contribution is 0.403. The fourth-order valence-electron chi connectivity index (χ4n) is 7.95. The number of rotatable bonds is 6. The highest BCUT2D eigenvalue weighted by atomic mass is 15.4. The van der Waals surface area contributed by atoms with Crippen LogP contribution in [0.25, 0.3) is 61.1 Å². The molecule has 0 fully saturated rings. The Hall–Kier alpha value is -7.13. The molecule has 2 unspecified atom stereocenters. The van der Waals surface area contributed by atoms with Gasteiger partial charge in [0.2, 0.25) is 5.96 Å². The minimum Gasteiger partial charge on any atom is -0.336 e. The highest BCUT2D eigenvalue weighted by Crippen LogP contribution is 2.49. The number of nitrogens with zero attached hydrogens (tertiary/aromatic N) is 3. The van der Waals surface area contributed by atoms with E-state index in [4.69, 9.17) is 4.99 Å². The van der Waals surface area contributed by atoms with Gasteiger partial charge < -0.3 is 9.88 Å². The summed E-state index contributed by atoms with van der Waals surface area (Å²) in [5.41, 5.74) is 11.9. The Morgan fingerprint density at radius 2 is 1.06 bits per heavy atom. The molecule has 1 aliphatic rings. The topological polar surface area (TPSA) is 46.3 Å². The van der Waals surface area contributed by atoms with Gasteiger partial charge in [-0.25, -0.2) is 4.99 Å². The van der Waals surface area contributed by atoms with E-state index in [2.05, 4.69) is 208 Å². The normalized spacial score (nSPS) is 15.4. The van der Waals surface area contributed by atoms with Crippen molar-refractivity contribution in [3.8, 4) is 39.3 Å². The first-order valence-electron chi connectivity index (χ1n) is 18.3. The van der Waals surface area contributed by atoms with Crippen molar-refractivity contribution >= 4 is 27.8 Å². The van der Waals surface area contributed by atoms with Gasteiger partial charge in [0, 0.05) is 33.2 Å². The van der Waals surface area contributed by atoms with E-state index in [9.17, 15) is 0 Å². The minimum absolute atomic E-state index is 0.192. The van der Waals surface area contributed by atoms with E-state index in [1.54, 1.807) is 0 Å². The number of hydrogen-bond acceptors (Lipinski definition) is 3. The Morgan fingerprint density at radius 3 is 1.70 bits per heavy atom. The van der Waals surface area contributed by atoms with Crippen molar-refractivity contribution in [2.24, 2.45) is 4.99 Å². The summed E-state index contributed by atoms with van der Waals surface area (Å²) >= 11 is 0. The lowest BCUT2D eigenvalue weighted by Gasteiger charge is -2.33. The van der Waals surface area contributed by atoms with Gasteiger partial charge in [-0.1, -0.05) is 164 Å². The van der Waals surface area contributed by atoms with Crippen molar-refractivity contribution in [2.45, 2.75) is 12.3 Å². The Labute approximate surface area is 314 Å². The Bertz CT molecular complexity index is 2750. The van der Waals surface area contributed by atoms with Crippen molar-refractivity contribution in [2.75, 3.05) is 0 Å². The number of aliphatic imine (C=N–C) groups is 1. The molecule has 10 rings (SSSR count). The van der Waals surface area contributed by atoms with E-state index in [1.165, 1.54) is 0 Å². The molecular formula is C49H35N5. The van der Waals surface area contributed by atoms with Crippen LogP contribution in [0.1, 0.15) is 23.5 Å². The average Bonchev–Trinajstić information content (AvgIpc) is 3.78. The average molecular weight is 694 g/mol. The van der Waals surface area contributed by atoms with Crippen molar-refractivity contribution < 1.29 is 0 Å². The molecule has 9 aromatic rings. The number of nitrogens with one attached hydrogen (secondary N) is 2. The van der Waals surface area contributed by atoms with E-state index < -0.39 is 0 Å². The first kappa shape index (κ1) is 31.6. The van der Waals surface area contributed by atoms with Crippen LogP contribution in [0, 0.1) is 12.1 Å². The molecular weight excluding hydrogens is 659 g/mol. The smallest absolute Gasteiger partial charge is 0.206 e. The number of fused-ring (bicyclic) bond motifs is 2. The van der Waals surface area contributed by atoms with Gasteiger partial charge in [0.05, 0.1) is 22.4 Å². The largest absolute Gasteiger partial charge is 0.336 e. The Morgan fingerprint density at radius 1 is 0.500 bits per heavy atom. The van der Waals surface area contributed by atoms with Crippen molar-refractivity contribution in [1.82, 2.24) is 19.8 Å². The molecule has 0 aliphatic carbocycles. The highest BCUT2D eigenvalue weighted by Gasteiger charge is 2.32. The molecule has 2 aromatic heterocycles. The van der Waals surface area contributed by atoms with Crippen LogP contribution in [0.2, 0.25) is 0 Å². The molecule has 5 nitrogen and oxygen atoms in total. The van der Waals surface area contributed by atoms with E-state index in [1.807, 2.05) is 12.1 Å². The number of benzene rings is 6. The predicted molar refractivity (Wildman–Crippen MR) is 220 cm³/mol. The lowest BCUT2D eigenvalue weighted by Crippen LogP contribution is -2.47. The fraction of sp³-hybridized carbons (Fsp3) is 0.0408. The zero-order chi connectivity index (χ0) is 35.8. The molecule has 5 heteroatoms. The molecule has 0 saturated heterocycles. The van der Waals surface area contributed by atoms with Crippen LogP contribution in [0.15, 0.2) is 193 Å². The SMILES string of the molecule is c1cccc(-c2c(-c3c(-c4ccccc4)n(C4=NC(c5ccccc5)NC(c5ccccc5)N4)c4ccccc34)c3ccccc3n2-c2ccccc2)c#1. The van der Waals surface area contributed by atoms with Crippen LogP contribution in [-0.2, 0) is 0 Å². The van der Waals surface area contributed by atoms with Gasteiger partial charge >= 0.3 is 0 Å². The summed E-state index contributed by atoms with van der Waals surface area (Å²) in [6.07, 6.45) is -0.479. The van der Waals surface area contributed by atoms with Crippen molar-refractivity contribution in [3.63, 3.8) is 0 Å². The second-order valence-corrected chi connectivity index (χ2v) is 13.5. The quantitative estimate of drug-likeness (QED) is 0.182. The van der Waals surface area contributed by atoms with Gasteiger partial charge in [0.15, 0.2) is 0 Å². The number of para-hydroxylation sites is 3. The molecule has 0 saturated carbocycles. The van der Waals surface area contributed by atoms with Crippen LogP contribution in [0.3, 0.4) is 0 Å². The second kappa shape index (κ2) is 13.4. The molecule has 0 radical (unpaired) electrons. The standard InChI is InChI=1S/C49H35N5/c1-6-20-34(21-7-1)45-43(39-30-16-18-32-41(39)53(45)38-28-14-5-15-29-38)44-40-31-17-19-33-42(40)54(46(44)35-22-8-2-9-23-35)49-51-47(36-24-10-3-11-25-36)50-48(52-49)37-26-12-4-13-27-37/h1-6,8-20,22-33,47-48,50H,(H,51,52). The first-order chi connectivity index (χ1) is 26.8. The van der Waals surface area contributed by atoms with Gasteiger partial charge in [-0.3, -0.25) is 9.88 Å². The highest BCUT2D eigenvalue weighted by molar-refractivity contribution is 6.18. The molecule has 3 heterocycles. The van der Waals surface area contributed by atoms with Gasteiger partial charge in [-0.15, -0.1) is 0 Å². The maximum Gasteiger partial charge on any atom is 0.206 e. The molecule has 54 heavy (non-hydrogen) atoms. The summed E-state index contributed by atoms with van der Waals surface area (Å²) in [5.74, 6) is 0.769. The van der Waals surface area contributed by atoms with Gasteiger partial charge in [-0.05, 0) is 53.1 Å². The fourth-order valence-corrected chi connectivity index (χ4v) is 7.95. The third kappa shape index (κ3) is 5.37. The molecule has 2 N–H and O–H groups in total.